The molecule has 3 rings (SSSR count). The van der Waals surface area contributed by atoms with Crippen molar-refractivity contribution in [1.82, 2.24) is 4.31 Å². The lowest BCUT2D eigenvalue weighted by atomic mass is 9.98. The summed E-state index contributed by atoms with van der Waals surface area (Å²) in [6.07, 6.45) is 1.87. The largest absolute Gasteiger partial charge is 0.497 e. The Morgan fingerprint density at radius 3 is 2.52 bits per heavy atom. The molecule has 0 aliphatic carbocycles. The molecule has 1 atom stereocenters. The van der Waals surface area contributed by atoms with Gasteiger partial charge in [0.2, 0.25) is 10.0 Å². The molecule has 2 aromatic rings. The number of benzene rings is 2. The van der Waals surface area contributed by atoms with Crippen LogP contribution in [-0.2, 0) is 14.8 Å². The Labute approximate surface area is 158 Å². The zero-order chi connectivity index (χ0) is 19.6. The van der Waals surface area contributed by atoms with Crippen molar-refractivity contribution >= 4 is 16.0 Å². The van der Waals surface area contributed by atoms with Gasteiger partial charge in [0.1, 0.15) is 5.75 Å². The van der Waals surface area contributed by atoms with E-state index in [0.717, 1.165) is 11.1 Å². The number of nitrogens with zero attached hydrogens (tertiary/aromatic N) is 1. The van der Waals surface area contributed by atoms with Crippen molar-refractivity contribution in [3.8, 4) is 5.75 Å². The molecule has 0 saturated heterocycles. The van der Waals surface area contributed by atoms with E-state index in [1.807, 2.05) is 13.0 Å². The summed E-state index contributed by atoms with van der Waals surface area (Å²) in [6.45, 7) is 1.69. The predicted octanol–water partition coefficient (Wildman–Crippen LogP) is 3.15. The Balaban J connectivity index is 2.07. The number of carboxylic acid groups (broad SMARTS) is 1. The summed E-state index contributed by atoms with van der Waals surface area (Å²) in [5, 5.41) is 9.36. The first-order valence-electron chi connectivity index (χ1n) is 8.47. The van der Waals surface area contributed by atoms with E-state index in [1.165, 1.54) is 4.31 Å². The van der Waals surface area contributed by atoms with Crippen LogP contribution in [-0.4, -0.2) is 37.5 Å². The van der Waals surface area contributed by atoms with Crippen LogP contribution in [0.3, 0.4) is 0 Å². The Bertz CT molecular complexity index is 980. The van der Waals surface area contributed by atoms with Crippen LogP contribution in [0, 0.1) is 6.92 Å². The summed E-state index contributed by atoms with van der Waals surface area (Å²) < 4.78 is 33.1. The number of aryl methyl sites for hydroxylation is 1. The van der Waals surface area contributed by atoms with E-state index in [0.29, 0.717) is 5.75 Å². The molecule has 6 nitrogen and oxygen atoms in total. The predicted molar refractivity (Wildman–Crippen MR) is 101 cm³/mol. The Hall–Kier alpha value is -2.64. The van der Waals surface area contributed by atoms with Crippen molar-refractivity contribution in [2.75, 3.05) is 13.7 Å². The number of rotatable bonds is 5. The fourth-order valence-electron chi connectivity index (χ4n) is 3.12. The summed E-state index contributed by atoms with van der Waals surface area (Å²) in [7, 11) is -2.33. The zero-order valence-electron chi connectivity index (χ0n) is 15.1. The van der Waals surface area contributed by atoms with E-state index in [1.54, 1.807) is 55.7 Å². The van der Waals surface area contributed by atoms with Gasteiger partial charge in [-0.2, -0.15) is 4.31 Å². The Morgan fingerprint density at radius 2 is 1.89 bits per heavy atom. The van der Waals surface area contributed by atoms with E-state index in [2.05, 4.69) is 0 Å². The quantitative estimate of drug-likeness (QED) is 0.852. The lowest BCUT2D eigenvalue weighted by Crippen LogP contribution is -2.39. The Morgan fingerprint density at radius 1 is 1.19 bits per heavy atom. The molecule has 0 unspecified atom stereocenters. The van der Waals surface area contributed by atoms with Gasteiger partial charge >= 0.3 is 5.97 Å². The van der Waals surface area contributed by atoms with E-state index < -0.39 is 22.0 Å². The molecule has 0 amide bonds. The van der Waals surface area contributed by atoms with Gasteiger partial charge in [-0.3, -0.25) is 0 Å². The number of hydrogen-bond donors (Lipinski definition) is 1. The van der Waals surface area contributed by atoms with Crippen LogP contribution in [0.4, 0.5) is 0 Å². The van der Waals surface area contributed by atoms with Crippen LogP contribution in [0.5, 0.6) is 5.75 Å². The summed E-state index contributed by atoms with van der Waals surface area (Å²) in [4.78, 5) is 11.6. The number of hydrogen-bond acceptors (Lipinski definition) is 4. The second-order valence-corrected chi connectivity index (χ2v) is 8.32. The third kappa shape index (κ3) is 3.89. The maximum Gasteiger partial charge on any atom is 0.332 e. The van der Waals surface area contributed by atoms with Gasteiger partial charge in [-0.15, -0.1) is 0 Å². The van der Waals surface area contributed by atoms with Gasteiger partial charge in [-0.05, 0) is 43.2 Å². The van der Waals surface area contributed by atoms with Crippen LogP contribution >= 0.6 is 0 Å². The molecule has 0 spiro atoms. The minimum absolute atomic E-state index is 0.0739. The highest BCUT2D eigenvalue weighted by atomic mass is 32.2. The van der Waals surface area contributed by atoms with Crippen LogP contribution in [0.25, 0.3) is 0 Å². The van der Waals surface area contributed by atoms with Crippen LogP contribution in [0.15, 0.2) is 65.1 Å². The standard InChI is InChI=1S/C20H21NO5S/c1-14-6-9-18(10-7-14)27(24,25)21-13-16(20(22)23)8-11-19(21)15-4-3-5-17(12-15)26-2/h3-10,12,19H,11,13H2,1-2H3,(H,22,23)/t19-/m0/s1. The van der Waals surface area contributed by atoms with Gasteiger partial charge < -0.3 is 9.84 Å². The molecule has 2 aromatic carbocycles. The van der Waals surface area contributed by atoms with E-state index in [4.69, 9.17) is 4.74 Å². The first-order valence-corrected chi connectivity index (χ1v) is 9.91. The molecule has 1 aliphatic heterocycles. The average Bonchev–Trinajstić information content (AvgIpc) is 2.67. The molecule has 0 saturated carbocycles. The molecule has 142 valence electrons. The molecule has 0 fully saturated rings. The molecule has 0 radical (unpaired) electrons. The van der Waals surface area contributed by atoms with Crippen molar-refractivity contribution in [2.24, 2.45) is 0 Å². The van der Waals surface area contributed by atoms with E-state index >= 15 is 0 Å². The third-order valence-corrected chi connectivity index (χ3v) is 6.51. The van der Waals surface area contributed by atoms with Crippen molar-refractivity contribution in [3.63, 3.8) is 0 Å². The second-order valence-electron chi connectivity index (χ2n) is 6.43. The maximum absolute atomic E-state index is 13.3. The summed E-state index contributed by atoms with van der Waals surface area (Å²) in [5.41, 5.74) is 1.78. The molecule has 1 N–H and O–H groups in total. The molecule has 27 heavy (non-hydrogen) atoms. The van der Waals surface area contributed by atoms with Crippen molar-refractivity contribution in [3.05, 3.63) is 71.3 Å². The monoisotopic (exact) mass is 387 g/mol. The highest BCUT2D eigenvalue weighted by Gasteiger charge is 2.36. The fraction of sp³-hybridized carbons (Fsp3) is 0.250. The number of sulfonamides is 1. The summed E-state index contributed by atoms with van der Waals surface area (Å²) >= 11 is 0. The fourth-order valence-corrected chi connectivity index (χ4v) is 4.72. The van der Waals surface area contributed by atoms with Gasteiger partial charge in [-0.1, -0.05) is 35.9 Å². The molecule has 1 heterocycles. The summed E-state index contributed by atoms with van der Waals surface area (Å²) in [6, 6.07) is 13.2. The zero-order valence-corrected chi connectivity index (χ0v) is 15.9. The van der Waals surface area contributed by atoms with E-state index in [-0.39, 0.29) is 23.4 Å². The van der Waals surface area contributed by atoms with Crippen LogP contribution < -0.4 is 4.74 Å². The minimum atomic E-state index is -3.87. The first kappa shape index (κ1) is 19.1. The van der Waals surface area contributed by atoms with Crippen LogP contribution in [0.1, 0.15) is 23.6 Å². The lowest BCUT2D eigenvalue weighted by Gasteiger charge is -2.34. The van der Waals surface area contributed by atoms with Gasteiger partial charge in [0.25, 0.3) is 0 Å². The number of carbonyl (C=O) groups is 1. The highest BCUT2D eigenvalue weighted by molar-refractivity contribution is 7.89. The summed E-state index contributed by atoms with van der Waals surface area (Å²) in [5.74, 6) is -0.489. The highest BCUT2D eigenvalue weighted by Crippen LogP contribution is 2.36. The van der Waals surface area contributed by atoms with Crippen molar-refractivity contribution < 1.29 is 23.1 Å². The molecule has 7 heteroatoms. The number of aliphatic carboxylic acids is 1. The van der Waals surface area contributed by atoms with Gasteiger partial charge in [0.05, 0.1) is 18.0 Å². The smallest absolute Gasteiger partial charge is 0.332 e. The normalized spacial score (nSPS) is 18.0. The molecule has 0 bridgehead atoms. The number of ether oxygens (including phenoxy) is 1. The molecule has 1 aliphatic rings. The second kappa shape index (κ2) is 7.54. The molecular weight excluding hydrogens is 366 g/mol. The number of carboxylic acids is 1. The third-order valence-electron chi connectivity index (χ3n) is 4.64. The maximum atomic E-state index is 13.3. The number of methoxy groups -OCH3 is 1. The average molecular weight is 387 g/mol. The van der Waals surface area contributed by atoms with Gasteiger partial charge in [-0.25, -0.2) is 13.2 Å². The lowest BCUT2D eigenvalue weighted by molar-refractivity contribution is -0.133. The van der Waals surface area contributed by atoms with Crippen molar-refractivity contribution in [2.45, 2.75) is 24.3 Å². The Kier molecular flexibility index (Phi) is 5.34. The SMILES string of the molecule is COc1cccc([C@@H]2CC=C(C(=O)O)CN2S(=O)(=O)c2ccc(C)cc2)c1. The van der Waals surface area contributed by atoms with E-state index in [9.17, 15) is 18.3 Å². The van der Waals surface area contributed by atoms with Gasteiger partial charge in [0.15, 0.2) is 0 Å². The van der Waals surface area contributed by atoms with Crippen molar-refractivity contribution in [1.29, 1.82) is 0 Å². The van der Waals surface area contributed by atoms with Gasteiger partial charge in [0, 0.05) is 12.1 Å². The molecular formula is C20H21NO5S. The molecule has 0 aromatic heterocycles. The van der Waals surface area contributed by atoms with Crippen LogP contribution in [0.2, 0.25) is 0 Å². The first-order chi connectivity index (χ1) is 12.8. The topological polar surface area (TPSA) is 83.9 Å². The minimum Gasteiger partial charge on any atom is -0.497 e.